The smallest absolute Gasteiger partial charge is 0.319 e. The maximum Gasteiger partial charge on any atom is 0.319 e. The van der Waals surface area contributed by atoms with Crippen LogP contribution in [0.4, 0.5) is 10.2 Å². The molecule has 0 aliphatic carbocycles. The number of piperazine rings is 1. The maximum absolute atomic E-state index is 16.4. The highest BCUT2D eigenvalue weighted by Crippen LogP contribution is 2.40. The summed E-state index contributed by atoms with van der Waals surface area (Å²) in [4.78, 5) is 31.2. The Kier molecular flexibility index (Phi) is 5.32. The summed E-state index contributed by atoms with van der Waals surface area (Å²) in [5.74, 6) is 0.0380. The number of nitrogens with one attached hydrogen (secondary N) is 2. The van der Waals surface area contributed by atoms with Crippen LogP contribution in [0, 0.1) is 5.82 Å². The van der Waals surface area contributed by atoms with Crippen molar-refractivity contribution >= 4 is 22.6 Å². The van der Waals surface area contributed by atoms with Gasteiger partial charge in [0, 0.05) is 49.0 Å². The lowest BCUT2D eigenvalue weighted by Crippen LogP contribution is -2.51. The number of anilines is 1. The number of hydrogen-bond acceptors (Lipinski definition) is 8. The zero-order valence-corrected chi connectivity index (χ0v) is 21.9. The van der Waals surface area contributed by atoms with Gasteiger partial charge in [-0.2, -0.15) is 9.97 Å². The van der Waals surface area contributed by atoms with E-state index in [2.05, 4.69) is 30.4 Å². The largest absolute Gasteiger partial charge is 0.461 e. The number of carbonyl (C=O) groups excluding carboxylic acids is 1. The fourth-order valence-electron chi connectivity index (χ4n) is 7.62. The maximum atomic E-state index is 16.4. The minimum absolute atomic E-state index is 0.0404. The minimum atomic E-state index is -0.506. The van der Waals surface area contributed by atoms with Gasteiger partial charge in [-0.1, -0.05) is 12.1 Å². The molecule has 5 aliphatic heterocycles. The Morgan fingerprint density at radius 2 is 1.85 bits per heavy atom. The zero-order chi connectivity index (χ0) is 26.1. The van der Waals surface area contributed by atoms with Gasteiger partial charge in [-0.25, -0.2) is 4.39 Å². The Hall–Kier alpha value is -3.37. The van der Waals surface area contributed by atoms with Crippen molar-refractivity contribution in [2.45, 2.75) is 62.7 Å². The SMILES string of the molecule is O=C1NCc2c1cccc2-c1ncc2c(N3CC4CCC(C3)N4)nc(OCC34CCCN3CCC4)nc2c1F. The van der Waals surface area contributed by atoms with E-state index in [1.165, 1.54) is 12.8 Å². The molecule has 8 rings (SSSR count). The van der Waals surface area contributed by atoms with Crippen molar-refractivity contribution < 1.29 is 13.9 Å². The van der Waals surface area contributed by atoms with E-state index in [4.69, 9.17) is 9.72 Å². The van der Waals surface area contributed by atoms with Gasteiger partial charge in [-0.15, -0.1) is 0 Å². The first-order valence-corrected chi connectivity index (χ1v) is 14.2. The third kappa shape index (κ3) is 3.71. The van der Waals surface area contributed by atoms with Gasteiger partial charge in [-0.3, -0.25) is 14.7 Å². The van der Waals surface area contributed by atoms with Crippen molar-refractivity contribution in [1.29, 1.82) is 0 Å². The molecule has 1 aromatic carbocycles. The summed E-state index contributed by atoms with van der Waals surface area (Å²) in [5, 5.41) is 7.09. The third-order valence-corrected chi connectivity index (χ3v) is 9.54. The molecule has 2 atom stereocenters. The van der Waals surface area contributed by atoms with Crippen LogP contribution in [0.2, 0.25) is 0 Å². The lowest BCUT2D eigenvalue weighted by molar-refractivity contribution is 0.0965. The molecular formula is C29H32FN7O2. The van der Waals surface area contributed by atoms with Gasteiger partial charge in [0.05, 0.1) is 10.9 Å². The number of amides is 1. The molecule has 0 spiro atoms. The molecule has 4 saturated heterocycles. The third-order valence-electron chi connectivity index (χ3n) is 9.54. The highest BCUT2D eigenvalue weighted by Gasteiger charge is 2.45. The molecule has 2 aromatic heterocycles. The number of nitrogens with zero attached hydrogens (tertiary/aromatic N) is 5. The quantitative estimate of drug-likeness (QED) is 0.521. The Labute approximate surface area is 226 Å². The average Bonchev–Trinajstić information content (AvgIpc) is 3.71. The monoisotopic (exact) mass is 529 g/mol. The van der Waals surface area contributed by atoms with Crippen LogP contribution in [0.1, 0.15) is 54.4 Å². The molecule has 2 N–H and O–H groups in total. The van der Waals surface area contributed by atoms with Gasteiger partial charge in [0.2, 0.25) is 0 Å². The van der Waals surface area contributed by atoms with Crippen molar-refractivity contribution in [3.8, 4) is 17.3 Å². The van der Waals surface area contributed by atoms with Crippen LogP contribution in [-0.2, 0) is 6.54 Å². The van der Waals surface area contributed by atoms with Crippen LogP contribution < -0.4 is 20.3 Å². The normalized spacial score (nSPS) is 25.3. The van der Waals surface area contributed by atoms with Crippen molar-refractivity contribution in [2.75, 3.05) is 37.7 Å². The number of halogens is 1. The fourth-order valence-corrected chi connectivity index (χ4v) is 7.62. The Morgan fingerprint density at radius 1 is 1.08 bits per heavy atom. The number of benzene rings is 1. The van der Waals surface area contributed by atoms with E-state index in [1.54, 1.807) is 18.3 Å². The van der Waals surface area contributed by atoms with Crippen LogP contribution in [0.3, 0.4) is 0 Å². The van der Waals surface area contributed by atoms with Crippen molar-refractivity contribution in [3.63, 3.8) is 0 Å². The van der Waals surface area contributed by atoms with Gasteiger partial charge in [0.25, 0.3) is 5.91 Å². The minimum Gasteiger partial charge on any atom is -0.461 e. The van der Waals surface area contributed by atoms with E-state index in [-0.39, 0.29) is 28.7 Å². The molecule has 10 heteroatoms. The molecular weight excluding hydrogens is 497 g/mol. The van der Waals surface area contributed by atoms with Crippen molar-refractivity contribution in [1.82, 2.24) is 30.5 Å². The average molecular weight is 530 g/mol. The van der Waals surface area contributed by atoms with E-state index in [9.17, 15) is 4.79 Å². The van der Waals surface area contributed by atoms with Crippen LogP contribution >= 0.6 is 0 Å². The van der Waals surface area contributed by atoms with Gasteiger partial charge in [-0.05, 0) is 63.2 Å². The second kappa shape index (κ2) is 8.82. The molecule has 0 radical (unpaired) electrons. The fraction of sp³-hybridized carbons (Fsp3) is 0.517. The Bertz CT molecular complexity index is 1470. The predicted octanol–water partition coefficient (Wildman–Crippen LogP) is 3.02. The summed E-state index contributed by atoms with van der Waals surface area (Å²) in [6.45, 7) is 4.71. The molecule has 4 fully saturated rings. The summed E-state index contributed by atoms with van der Waals surface area (Å²) in [6.07, 6.45) is 8.54. The topological polar surface area (TPSA) is 95.5 Å². The van der Waals surface area contributed by atoms with E-state index < -0.39 is 5.82 Å². The molecule has 39 heavy (non-hydrogen) atoms. The lowest BCUT2D eigenvalue weighted by Gasteiger charge is -2.34. The highest BCUT2D eigenvalue weighted by molar-refractivity contribution is 6.01. The molecule has 202 valence electrons. The second-order valence-electron chi connectivity index (χ2n) is 11.8. The molecule has 5 aliphatic rings. The number of carbonyl (C=O) groups is 1. The first-order chi connectivity index (χ1) is 19.1. The number of rotatable bonds is 5. The van der Waals surface area contributed by atoms with Crippen LogP contribution in [0.25, 0.3) is 22.2 Å². The molecule has 2 unspecified atom stereocenters. The van der Waals surface area contributed by atoms with Gasteiger partial charge in [0.1, 0.15) is 23.6 Å². The summed E-state index contributed by atoms with van der Waals surface area (Å²) >= 11 is 0. The Morgan fingerprint density at radius 3 is 2.64 bits per heavy atom. The first kappa shape index (κ1) is 23.5. The first-order valence-electron chi connectivity index (χ1n) is 14.2. The van der Waals surface area contributed by atoms with E-state index in [0.29, 0.717) is 47.6 Å². The van der Waals surface area contributed by atoms with Crippen LogP contribution in [0.15, 0.2) is 24.4 Å². The standard InChI is InChI=1S/C29H32FN7O2/c30-23-24(19-4-1-5-20-21(19)12-32-27(20)38)31-13-22-25(23)34-28(39-16-29-8-2-10-37(29)11-3-9-29)35-26(22)36-14-17-6-7-18(15-36)33-17/h1,4-5,13,17-18,33H,2-3,6-12,14-16H2,(H,32,38). The Balaban J connectivity index is 1.23. The van der Waals surface area contributed by atoms with Gasteiger partial charge < -0.3 is 20.3 Å². The lowest BCUT2D eigenvalue weighted by atomic mass is 9.95. The van der Waals surface area contributed by atoms with Crippen LogP contribution in [-0.4, -0.2) is 76.2 Å². The highest BCUT2D eigenvalue weighted by atomic mass is 19.1. The number of pyridine rings is 1. The zero-order valence-electron chi connectivity index (χ0n) is 21.9. The number of ether oxygens (including phenoxy) is 1. The second-order valence-corrected chi connectivity index (χ2v) is 11.8. The van der Waals surface area contributed by atoms with Gasteiger partial charge in [0.15, 0.2) is 5.82 Å². The van der Waals surface area contributed by atoms with Crippen molar-refractivity contribution in [3.05, 3.63) is 41.3 Å². The number of fused-ring (bicyclic) bond motifs is 5. The summed E-state index contributed by atoms with van der Waals surface area (Å²) in [7, 11) is 0. The summed E-state index contributed by atoms with van der Waals surface area (Å²) < 4.78 is 22.8. The van der Waals surface area contributed by atoms with Crippen molar-refractivity contribution in [2.24, 2.45) is 0 Å². The molecule has 1 amide bonds. The molecule has 3 aromatic rings. The van der Waals surface area contributed by atoms with E-state index in [0.717, 1.165) is 57.4 Å². The molecule has 2 bridgehead atoms. The molecule has 9 nitrogen and oxygen atoms in total. The number of hydrogen-bond donors (Lipinski definition) is 2. The number of aromatic nitrogens is 3. The summed E-state index contributed by atoms with van der Waals surface area (Å²) in [5.41, 5.74) is 2.39. The van der Waals surface area contributed by atoms with E-state index in [1.807, 2.05) is 6.07 Å². The van der Waals surface area contributed by atoms with E-state index >= 15 is 4.39 Å². The van der Waals surface area contributed by atoms with Gasteiger partial charge >= 0.3 is 6.01 Å². The molecule has 0 saturated carbocycles. The summed E-state index contributed by atoms with van der Waals surface area (Å²) in [6, 6.07) is 6.38. The van der Waals surface area contributed by atoms with Crippen LogP contribution in [0.5, 0.6) is 6.01 Å². The predicted molar refractivity (Wildman–Crippen MR) is 144 cm³/mol. The molecule has 7 heterocycles.